The van der Waals surface area contributed by atoms with E-state index in [0.29, 0.717) is 25.8 Å². The van der Waals surface area contributed by atoms with Gasteiger partial charge in [-0.25, -0.2) is 0 Å². The molecule has 0 amide bonds. The van der Waals surface area contributed by atoms with Crippen molar-refractivity contribution in [1.82, 2.24) is 21.3 Å². The van der Waals surface area contributed by atoms with Gasteiger partial charge in [-0.3, -0.25) is 0 Å². The van der Waals surface area contributed by atoms with Crippen LogP contribution in [0.2, 0.25) is 63.5 Å². The average molecular weight is 827 g/mol. The largest absolute Gasteiger partial charge is 0.500 e. The molecule has 0 radical (unpaired) electrons. The van der Waals surface area contributed by atoms with E-state index < -0.39 is 39.9 Å². The molecule has 0 bridgehead atoms. The first-order chi connectivity index (χ1) is 25.0. The van der Waals surface area contributed by atoms with E-state index in [1.165, 1.54) is 37.0 Å². The van der Waals surface area contributed by atoms with Gasteiger partial charge < -0.3 is 57.7 Å². The van der Waals surface area contributed by atoms with Crippen LogP contribution >= 0.6 is 0 Å². The fourth-order valence-corrected chi connectivity index (χ4v) is 10.8. The lowest BCUT2D eigenvalue weighted by atomic mass is 10.2. The van der Waals surface area contributed by atoms with Gasteiger partial charge in [-0.15, -0.1) is 0 Å². The van der Waals surface area contributed by atoms with Crippen molar-refractivity contribution in [1.29, 1.82) is 0 Å². The Kier molecular flexibility index (Phi) is 38.7. The molecule has 16 heteroatoms. The molecule has 1 aromatic rings. The van der Waals surface area contributed by atoms with E-state index in [1.54, 1.807) is 49.7 Å². The van der Waals surface area contributed by atoms with Crippen LogP contribution in [0.5, 0.6) is 0 Å². The summed E-state index contributed by atoms with van der Waals surface area (Å²) >= 11 is 0. The summed E-state index contributed by atoms with van der Waals surface area (Å²) < 4.78 is 36.9. The van der Waals surface area contributed by atoms with E-state index in [0.717, 1.165) is 38.5 Å². The molecule has 0 aliphatic heterocycles. The van der Waals surface area contributed by atoms with Crippen molar-refractivity contribution in [3.63, 3.8) is 0 Å². The van der Waals surface area contributed by atoms with Gasteiger partial charge in [0.15, 0.2) is 0 Å². The zero-order valence-corrected chi connectivity index (χ0v) is 40.9. The zero-order chi connectivity index (χ0) is 41.1. The number of nitrogens with one attached hydrogen (secondary N) is 4. The highest BCUT2D eigenvalue weighted by atomic mass is 28.4. The van der Waals surface area contributed by atoms with E-state index in [1.807, 2.05) is 14.1 Å². The number of hydrogen-bond donors (Lipinski definition) is 5. The summed E-state index contributed by atoms with van der Waals surface area (Å²) in [7, 11) is 9.11. The normalized spacial score (nSPS) is 12.5. The van der Waals surface area contributed by atoms with Crippen LogP contribution in [0.25, 0.3) is 0 Å². The number of hydrogen-bond acceptors (Lipinski definition) is 12. The lowest BCUT2D eigenvalue weighted by Crippen LogP contribution is -2.43. The molecule has 1 aromatic carbocycles. The third kappa shape index (κ3) is 37.0. The maximum Gasteiger partial charge on any atom is 0.500 e. The molecule has 1 unspecified atom stereocenters. The molecule has 1 rings (SSSR count). The minimum absolute atomic E-state index is 0.336. The third-order valence-electron chi connectivity index (χ3n) is 8.10. The molecule has 0 aromatic heterocycles. The molecule has 0 fully saturated rings. The Labute approximate surface area is 331 Å². The van der Waals surface area contributed by atoms with Crippen LogP contribution in [-0.2, 0) is 37.8 Å². The van der Waals surface area contributed by atoms with Gasteiger partial charge in [-0.2, -0.15) is 0 Å². The molecule has 53 heavy (non-hydrogen) atoms. The Morgan fingerprint density at radius 3 is 1.38 bits per heavy atom. The number of benzene rings is 1. The Morgan fingerprint density at radius 2 is 0.981 bits per heavy atom. The van der Waals surface area contributed by atoms with Crippen LogP contribution in [0, 0.1) is 0 Å². The van der Waals surface area contributed by atoms with Crippen LogP contribution in [-0.4, -0.2) is 148 Å². The predicted molar refractivity (Wildman–Crippen MR) is 235 cm³/mol. The SMILES string of the molecule is CNCC(O)COCCC[Si](OC)(OC)OC.CNCCC[Si](C)(C)C.CNCCC[Si](OC)(OC)OC.C[Si](C)(C)CCCNCc1ccccc1. The first kappa shape index (κ1) is 56.9. The van der Waals surface area contributed by atoms with Gasteiger partial charge >= 0.3 is 17.6 Å². The monoisotopic (exact) mass is 827 g/mol. The maximum atomic E-state index is 9.39. The average Bonchev–Trinajstić information content (AvgIpc) is 3.13. The molecule has 318 valence electrons. The quantitative estimate of drug-likeness (QED) is 0.0520. The summed E-state index contributed by atoms with van der Waals surface area (Å²) in [6.07, 6.45) is 4.01. The van der Waals surface area contributed by atoms with Crippen molar-refractivity contribution in [3.8, 4) is 0 Å². The van der Waals surface area contributed by atoms with Gasteiger partial charge in [0.25, 0.3) is 0 Å². The second kappa shape index (κ2) is 36.0. The minimum atomic E-state index is -2.46. The van der Waals surface area contributed by atoms with Crippen LogP contribution < -0.4 is 21.3 Å². The number of likely N-dealkylation sites (N-methyl/N-ethyl adjacent to an activating group) is 1. The second-order valence-corrected chi connectivity index (χ2v) is 32.7. The van der Waals surface area contributed by atoms with E-state index in [2.05, 4.69) is 90.9 Å². The summed E-state index contributed by atoms with van der Waals surface area (Å²) in [5, 5.41) is 22.0. The molecule has 0 aliphatic carbocycles. The number of ether oxygens (including phenoxy) is 1. The van der Waals surface area contributed by atoms with E-state index in [4.69, 9.17) is 31.3 Å². The summed E-state index contributed by atoms with van der Waals surface area (Å²) in [4.78, 5) is 0. The zero-order valence-electron chi connectivity index (χ0n) is 36.9. The van der Waals surface area contributed by atoms with Crippen molar-refractivity contribution >= 4 is 33.8 Å². The van der Waals surface area contributed by atoms with Crippen LogP contribution in [0.3, 0.4) is 0 Å². The molecule has 0 aliphatic rings. The molecule has 0 heterocycles. The van der Waals surface area contributed by atoms with Crippen molar-refractivity contribution in [3.05, 3.63) is 35.9 Å². The standard InChI is InChI=1S/C13H23NSi.C10H25NO5Si.C7H19NO3Si.C7H19NSi/c1-15(2,3)11-7-10-14-12-13-8-5-4-6-9-13;1-11-8-10(12)9-16-6-5-7-17(13-2,14-3)15-4;1-8-6-5-7-12(9-2,10-3)11-4;1-8-6-5-7-9(2,3)4/h4-6,8-9,14H,7,10-12H2,1-3H3;10-12H,5-9H2,1-4H3;8H,5-7H2,1-4H3;8H,5-7H2,1-4H3. The van der Waals surface area contributed by atoms with Gasteiger partial charge in [-0.05, 0) is 72.0 Å². The fourth-order valence-electron chi connectivity index (χ4n) is 4.87. The molecule has 0 saturated heterocycles. The van der Waals surface area contributed by atoms with Crippen molar-refractivity contribution in [2.24, 2.45) is 0 Å². The maximum absolute atomic E-state index is 9.39. The third-order valence-corrected chi connectivity index (χ3v) is 17.5. The minimum Gasteiger partial charge on any atom is -0.389 e. The first-order valence-electron chi connectivity index (χ1n) is 19.3. The lowest BCUT2D eigenvalue weighted by molar-refractivity contribution is 0.0361. The van der Waals surface area contributed by atoms with E-state index in [-0.39, 0.29) is 0 Å². The molecular formula is C37H86N4O8Si4. The molecule has 12 nitrogen and oxygen atoms in total. The highest BCUT2D eigenvalue weighted by Gasteiger charge is 2.37. The van der Waals surface area contributed by atoms with Crippen LogP contribution in [0.1, 0.15) is 31.2 Å². The molecule has 1 atom stereocenters. The topological polar surface area (TPSA) is 133 Å². The summed E-state index contributed by atoms with van der Waals surface area (Å²) in [5.74, 6) is 0. The fraction of sp³-hybridized carbons (Fsp3) is 0.838. The van der Waals surface area contributed by atoms with Crippen molar-refractivity contribution in [2.45, 2.75) is 102 Å². The highest BCUT2D eigenvalue weighted by molar-refractivity contribution is 6.76. The Morgan fingerprint density at radius 1 is 0.566 bits per heavy atom. The Balaban J connectivity index is -0.000000645. The molecule has 0 saturated carbocycles. The van der Waals surface area contributed by atoms with E-state index >= 15 is 0 Å². The van der Waals surface area contributed by atoms with Gasteiger partial charge in [-0.1, -0.05) is 81.7 Å². The smallest absolute Gasteiger partial charge is 0.389 e. The molecule has 0 spiro atoms. The summed E-state index contributed by atoms with van der Waals surface area (Å²) in [6.45, 7) is 20.3. The van der Waals surface area contributed by atoms with Crippen molar-refractivity contribution < 1.29 is 36.4 Å². The van der Waals surface area contributed by atoms with Crippen molar-refractivity contribution in [2.75, 3.05) is 103 Å². The van der Waals surface area contributed by atoms with Crippen LogP contribution in [0.15, 0.2) is 30.3 Å². The summed E-state index contributed by atoms with van der Waals surface area (Å²) in [6, 6.07) is 15.0. The van der Waals surface area contributed by atoms with Gasteiger partial charge in [0.1, 0.15) is 0 Å². The Bertz CT molecular complexity index is 879. The molecular weight excluding hydrogens is 741 g/mol. The first-order valence-corrected chi connectivity index (χ1v) is 30.6. The van der Waals surface area contributed by atoms with Gasteiger partial charge in [0.2, 0.25) is 0 Å². The summed E-state index contributed by atoms with van der Waals surface area (Å²) in [5.41, 5.74) is 1.38. The number of rotatable bonds is 28. The van der Waals surface area contributed by atoms with Gasteiger partial charge in [0, 0.05) is 90.6 Å². The van der Waals surface area contributed by atoms with Crippen LogP contribution in [0.4, 0.5) is 0 Å². The predicted octanol–water partition coefficient (Wildman–Crippen LogP) is 5.76. The van der Waals surface area contributed by atoms with Gasteiger partial charge in [0.05, 0.1) is 12.7 Å². The lowest BCUT2D eigenvalue weighted by Gasteiger charge is -2.24. The van der Waals surface area contributed by atoms with E-state index in [9.17, 15) is 5.11 Å². The second-order valence-electron chi connectivity index (χ2n) is 15.3. The molecule has 5 N–H and O–H groups in total. The highest BCUT2D eigenvalue weighted by Crippen LogP contribution is 2.15. The Hall–Kier alpha value is -0.392. The number of aliphatic hydroxyl groups excluding tert-OH is 1. The number of aliphatic hydroxyl groups is 1.